The maximum absolute atomic E-state index is 12.8. The molecule has 0 spiro atoms. The van der Waals surface area contributed by atoms with Crippen LogP contribution in [0.25, 0.3) is 0 Å². The van der Waals surface area contributed by atoms with E-state index in [4.69, 9.17) is 9.47 Å². The van der Waals surface area contributed by atoms with Gasteiger partial charge in [-0.25, -0.2) is 0 Å². The molecule has 1 saturated heterocycles. The molecular weight excluding hydrogens is 368 g/mol. The second-order valence-corrected chi connectivity index (χ2v) is 7.24. The van der Waals surface area contributed by atoms with Crippen LogP contribution in [-0.4, -0.2) is 61.5 Å². The lowest BCUT2D eigenvalue weighted by Gasteiger charge is -2.22. The lowest BCUT2D eigenvalue weighted by molar-refractivity contribution is -0.133. The van der Waals surface area contributed by atoms with Crippen LogP contribution in [0.15, 0.2) is 42.5 Å². The van der Waals surface area contributed by atoms with Crippen molar-refractivity contribution in [3.8, 4) is 11.5 Å². The van der Waals surface area contributed by atoms with E-state index in [0.29, 0.717) is 31.7 Å². The van der Waals surface area contributed by atoms with Gasteiger partial charge < -0.3 is 19.3 Å². The monoisotopic (exact) mass is 396 g/mol. The molecule has 0 unspecified atom stereocenters. The van der Waals surface area contributed by atoms with E-state index in [-0.39, 0.29) is 18.4 Å². The van der Waals surface area contributed by atoms with Gasteiger partial charge in [-0.1, -0.05) is 12.1 Å². The summed E-state index contributed by atoms with van der Waals surface area (Å²) in [7, 11) is 1.60. The number of carbonyl (C=O) groups excluding carboxylic acids is 2. The van der Waals surface area contributed by atoms with Crippen molar-refractivity contribution < 1.29 is 19.1 Å². The Morgan fingerprint density at radius 1 is 0.931 bits per heavy atom. The predicted molar refractivity (Wildman–Crippen MR) is 112 cm³/mol. The van der Waals surface area contributed by atoms with Gasteiger partial charge in [0.2, 0.25) is 0 Å². The number of rotatable bonds is 5. The summed E-state index contributed by atoms with van der Waals surface area (Å²) < 4.78 is 10.9. The minimum Gasteiger partial charge on any atom is -0.497 e. The maximum atomic E-state index is 12.8. The molecule has 1 heterocycles. The van der Waals surface area contributed by atoms with Crippen LogP contribution in [0.1, 0.15) is 27.9 Å². The average molecular weight is 396 g/mol. The average Bonchev–Trinajstić information content (AvgIpc) is 3.00. The Hall–Kier alpha value is -3.02. The second kappa shape index (κ2) is 9.45. The van der Waals surface area contributed by atoms with E-state index < -0.39 is 0 Å². The highest BCUT2D eigenvalue weighted by molar-refractivity contribution is 5.94. The van der Waals surface area contributed by atoms with Gasteiger partial charge in [-0.2, -0.15) is 0 Å². The molecule has 0 saturated carbocycles. The van der Waals surface area contributed by atoms with Gasteiger partial charge in [-0.3, -0.25) is 9.59 Å². The molecule has 0 atom stereocenters. The maximum Gasteiger partial charge on any atom is 0.260 e. The molecule has 6 heteroatoms. The summed E-state index contributed by atoms with van der Waals surface area (Å²) in [6, 6.07) is 12.9. The Kier molecular flexibility index (Phi) is 6.75. The molecule has 0 aliphatic carbocycles. The molecule has 2 aromatic carbocycles. The molecule has 1 aliphatic rings. The Balaban J connectivity index is 1.55. The van der Waals surface area contributed by atoms with Crippen LogP contribution in [0.3, 0.4) is 0 Å². The molecule has 0 aromatic heterocycles. The summed E-state index contributed by atoms with van der Waals surface area (Å²) in [4.78, 5) is 29.0. The zero-order valence-corrected chi connectivity index (χ0v) is 17.3. The first-order valence-corrected chi connectivity index (χ1v) is 9.89. The number of methoxy groups -OCH3 is 1. The van der Waals surface area contributed by atoms with Crippen molar-refractivity contribution in [3.05, 3.63) is 59.2 Å². The Labute approximate surface area is 172 Å². The van der Waals surface area contributed by atoms with E-state index in [9.17, 15) is 9.59 Å². The molecular formula is C23H28N2O4. The largest absolute Gasteiger partial charge is 0.497 e. The minimum atomic E-state index is -0.0512. The summed E-state index contributed by atoms with van der Waals surface area (Å²) in [5.41, 5.74) is 2.81. The number of amides is 2. The molecule has 0 radical (unpaired) electrons. The number of ether oxygens (including phenoxy) is 2. The van der Waals surface area contributed by atoms with Crippen molar-refractivity contribution in [1.82, 2.24) is 9.80 Å². The molecule has 0 N–H and O–H groups in total. The van der Waals surface area contributed by atoms with Gasteiger partial charge in [0.05, 0.1) is 7.11 Å². The van der Waals surface area contributed by atoms with Crippen LogP contribution in [0.2, 0.25) is 0 Å². The SMILES string of the molecule is COc1ccc(C(=O)N2CCCN(C(=O)COc3cccc(C)c3C)CC2)cc1. The Bertz CT molecular complexity index is 864. The van der Waals surface area contributed by atoms with E-state index in [0.717, 1.165) is 29.0 Å². The topological polar surface area (TPSA) is 59.1 Å². The summed E-state index contributed by atoms with van der Waals surface area (Å²) in [5, 5.41) is 0. The number of nitrogens with zero attached hydrogens (tertiary/aromatic N) is 2. The van der Waals surface area contributed by atoms with Gasteiger partial charge in [0.1, 0.15) is 11.5 Å². The third kappa shape index (κ3) is 5.08. The smallest absolute Gasteiger partial charge is 0.260 e. The van der Waals surface area contributed by atoms with Crippen LogP contribution in [0, 0.1) is 13.8 Å². The predicted octanol–water partition coefficient (Wildman–Crippen LogP) is 3.07. The van der Waals surface area contributed by atoms with E-state index in [1.165, 1.54) is 0 Å². The van der Waals surface area contributed by atoms with Crippen LogP contribution >= 0.6 is 0 Å². The quantitative estimate of drug-likeness (QED) is 0.779. The van der Waals surface area contributed by atoms with Crippen molar-refractivity contribution in [2.45, 2.75) is 20.3 Å². The third-order valence-corrected chi connectivity index (χ3v) is 5.38. The standard InChI is InChI=1S/C23H28N2O4/c1-17-6-4-7-21(18(17)2)29-16-22(26)24-12-5-13-25(15-14-24)23(27)19-8-10-20(28-3)11-9-19/h4,6-11H,5,12-16H2,1-3H3. The fraction of sp³-hybridized carbons (Fsp3) is 0.391. The van der Waals surface area contributed by atoms with Crippen molar-refractivity contribution in [2.24, 2.45) is 0 Å². The summed E-state index contributed by atoms with van der Waals surface area (Å²) in [5.74, 6) is 1.39. The molecule has 3 rings (SSSR count). The van der Waals surface area contributed by atoms with E-state index in [1.54, 1.807) is 41.2 Å². The number of aryl methyl sites for hydroxylation is 1. The first-order valence-electron chi connectivity index (χ1n) is 9.89. The Morgan fingerprint density at radius 3 is 2.34 bits per heavy atom. The van der Waals surface area contributed by atoms with Gasteiger partial charge in [-0.15, -0.1) is 0 Å². The first-order chi connectivity index (χ1) is 14.0. The van der Waals surface area contributed by atoms with Gasteiger partial charge in [-0.05, 0) is 61.7 Å². The van der Waals surface area contributed by atoms with Gasteiger partial charge >= 0.3 is 0 Å². The number of hydrogen-bond acceptors (Lipinski definition) is 4. The summed E-state index contributed by atoms with van der Waals surface area (Å²) in [6.07, 6.45) is 0.747. The lowest BCUT2D eigenvalue weighted by atomic mass is 10.1. The molecule has 2 amide bonds. The van der Waals surface area contributed by atoms with Crippen molar-refractivity contribution in [3.63, 3.8) is 0 Å². The number of benzene rings is 2. The van der Waals surface area contributed by atoms with Gasteiger partial charge in [0.15, 0.2) is 6.61 Å². The number of hydrogen-bond donors (Lipinski definition) is 0. The van der Waals surface area contributed by atoms with Gasteiger partial charge in [0.25, 0.3) is 11.8 Å². The molecule has 2 aromatic rings. The zero-order valence-electron chi connectivity index (χ0n) is 17.3. The first kappa shape index (κ1) is 20.7. The molecule has 6 nitrogen and oxygen atoms in total. The normalized spacial score (nSPS) is 14.3. The fourth-order valence-corrected chi connectivity index (χ4v) is 3.40. The van der Waals surface area contributed by atoms with E-state index >= 15 is 0 Å². The van der Waals surface area contributed by atoms with Crippen LogP contribution < -0.4 is 9.47 Å². The fourth-order valence-electron chi connectivity index (χ4n) is 3.40. The van der Waals surface area contributed by atoms with E-state index in [1.807, 2.05) is 32.0 Å². The van der Waals surface area contributed by atoms with E-state index in [2.05, 4.69) is 0 Å². The second-order valence-electron chi connectivity index (χ2n) is 7.24. The molecule has 1 aliphatic heterocycles. The molecule has 154 valence electrons. The highest BCUT2D eigenvalue weighted by atomic mass is 16.5. The summed E-state index contributed by atoms with van der Waals surface area (Å²) >= 11 is 0. The zero-order chi connectivity index (χ0) is 20.8. The van der Waals surface area contributed by atoms with Crippen molar-refractivity contribution in [2.75, 3.05) is 39.9 Å². The highest BCUT2D eigenvalue weighted by Gasteiger charge is 2.23. The number of carbonyl (C=O) groups is 2. The third-order valence-electron chi connectivity index (χ3n) is 5.38. The van der Waals surface area contributed by atoms with Crippen LogP contribution in [0.5, 0.6) is 11.5 Å². The minimum absolute atomic E-state index is 0.0106. The summed E-state index contributed by atoms with van der Waals surface area (Å²) in [6.45, 7) is 6.30. The van der Waals surface area contributed by atoms with Crippen LogP contribution in [0.4, 0.5) is 0 Å². The van der Waals surface area contributed by atoms with Crippen molar-refractivity contribution >= 4 is 11.8 Å². The highest BCUT2D eigenvalue weighted by Crippen LogP contribution is 2.20. The molecule has 29 heavy (non-hydrogen) atoms. The lowest BCUT2D eigenvalue weighted by Crippen LogP contribution is -2.39. The molecule has 0 bridgehead atoms. The Morgan fingerprint density at radius 2 is 1.62 bits per heavy atom. The van der Waals surface area contributed by atoms with Crippen molar-refractivity contribution in [1.29, 1.82) is 0 Å². The molecule has 1 fully saturated rings. The van der Waals surface area contributed by atoms with Crippen LogP contribution in [-0.2, 0) is 4.79 Å². The van der Waals surface area contributed by atoms with Gasteiger partial charge in [0, 0.05) is 31.7 Å².